The molecule has 3 aromatic carbocycles. The van der Waals surface area contributed by atoms with E-state index in [9.17, 15) is 18.3 Å². The first-order chi connectivity index (χ1) is 16.6. The second-order valence-corrected chi connectivity index (χ2v) is 11.1. The average Bonchev–Trinajstić information content (AvgIpc) is 2.82. The number of aromatic carboxylic acids is 1. The molecule has 0 spiro atoms. The normalized spacial score (nSPS) is 14.7. The van der Waals surface area contributed by atoms with E-state index in [4.69, 9.17) is 0 Å². The molecule has 1 fully saturated rings. The number of hydrogen-bond acceptors (Lipinski definition) is 4. The number of anilines is 2. The van der Waals surface area contributed by atoms with Gasteiger partial charge in [0.1, 0.15) is 0 Å². The molecule has 2 N–H and O–H groups in total. The highest BCUT2D eigenvalue weighted by Crippen LogP contribution is 2.30. The molecule has 0 aromatic heterocycles. The number of rotatable bonds is 7. The summed E-state index contributed by atoms with van der Waals surface area (Å²) in [6, 6.07) is 18.9. The van der Waals surface area contributed by atoms with Gasteiger partial charge in [0.15, 0.2) is 0 Å². The molecular formula is C28H32N2O4S. The molecule has 0 radical (unpaired) electrons. The molecule has 0 atom stereocenters. The van der Waals surface area contributed by atoms with E-state index >= 15 is 0 Å². The van der Waals surface area contributed by atoms with Crippen molar-refractivity contribution in [2.45, 2.75) is 44.9 Å². The summed E-state index contributed by atoms with van der Waals surface area (Å²) >= 11 is 0. The molecule has 0 saturated carbocycles. The summed E-state index contributed by atoms with van der Waals surface area (Å²) in [4.78, 5) is 14.4. The highest BCUT2D eigenvalue weighted by molar-refractivity contribution is 7.92. The monoisotopic (exact) mass is 492 g/mol. The van der Waals surface area contributed by atoms with Crippen molar-refractivity contribution in [3.05, 3.63) is 88.5 Å². The van der Waals surface area contributed by atoms with Crippen molar-refractivity contribution < 1.29 is 18.3 Å². The first-order valence-electron chi connectivity index (χ1n) is 11.9. The van der Waals surface area contributed by atoms with Gasteiger partial charge < -0.3 is 10.0 Å². The van der Waals surface area contributed by atoms with Gasteiger partial charge in [0.2, 0.25) is 0 Å². The fourth-order valence-electron chi connectivity index (χ4n) is 4.76. The summed E-state index contributed by atoms with van der Waals surface area (Å²) in [5.74, 6) is -0.569. The molecule has 4 rings (SSSR count). The Bertz CT molecular complexity index is 1330. The van der Waals surface area contributed by atoms with Crippen LogP contribution in [0.3, 0.4) is 0 Å². The Kier molecular flexibility index (Phi) is 7.17. The lowest BCUT2D eigenvalue weighted by atomic mass is 9.90. The van der Waals surface area contributed by atoms with Crippen LogP contribution in [-0.2, 0) is 16.4 Å². The van der Waals surface area contributed by atoms with Gasteiger partial charge in [0.25, 0.3) is 10.0 Å². The first-order valence-corrected chi connectivity index (χ1v) is 13.4. The fraction of sp³-hybridized carbons (Fsp3) is 0.321. The van der Waals surface area contributed by atoms with Crippen molar-refractivity contribution >= 4 is 27.4 Å². The van der Waals surface area contributed by atoms with E-state index < -0.39 is 16.0 Å². The molecule has 7 heteroatoms. The van der Waals surface area contributed by atoms with Crippen molar-refractivity contribution in [2.24, 2.45) is 5.92 Å². The van der Waals surface area contributed by atoms with Gasteiger partial charge in [-0.15, -0.1) is 0 Å². The van der Waals surface area contributed by atoms with Crippen molar-refractivity contribution in [3.63, 3.8) is 0 Å². The summed E-state index contributed by atoms with van der Waals surface area (Å²) in [5.41, 5.74) is 4.63. The quantitative estimate of drug-likeness (QED) is 0.450. The molecule has 1 aliphatic heterocycles. The van der Waals surface area contributed by atoms with Crippen LogP contribution in [0.4, 0.5) is 11.4 Å². The Balaban J connectivity index is 1.51. The third-order valence-corrected chi connectivity index (χ3v) is 8.41. The third kappa shape index (κ3) is 5.68. The van der Waals surface area contributed by atoms with Crippen LogP contribution in [-0.4, -0.2) is 32.6 Å². The number of carbonyl (C=O) groups is 1. The molecule has 1 saturated heterocycles. The van der Waals surface area contributed by atoms with Gasteiger partial charge in [-0.25, -0.2) is 13.2 Å². The van der Waals surface area contributed by atoms with E-state index in [2.05, 4.69) is 33.9 Å². The fourth-order valence-corrected chi connectivity index (χ4v) is 6.15. The van der Waals surface area contributed by atoms with E-state index in [0.717, 1.165) is 49.2 Å². The molecule has 0 amide bonds. The van der Waals surface area contributed by atoms with Crippen molar-refractivity contribution in [2.75, 3.05) is 22.7 Å². The van der Waals surface area contributed by atoms with E-state index in [1.807, 2.05) is 26.0 Å². The Morgan fingerprint density at radius 2 is 1.60 bits per heavy atom. The van der Waals surface area contributed by atoms with Gasteiger partial charge >= 0.3 is 5.97 Å². The average molecular weight is 493 g/mol. The minimum absolute atomic E-state index is 0.0565. The first kappa shape index (κ1) is 24.8. The second kappa shape index (κ2) is 10.1. The summed E-state index contributed by atoms with van der Waals surface area (Å²) in [7, 11) is -3.94. The van der Waals surface area contributed by atoms with Crippen LogP contribution in [0.2, 0.25) is 0 Å². The van der Waals surface area contributed by atoms with Gasteiger partial charge in [-0.05, 0) is 92.5 Å². The van der Waals surface area contributed by atoms with Crippen LogP contribution in [0.25, 0.3) is 0 Å². The lowest BCUT2D eigenvalue weighted by Gasteiger charge is -2.34. The van der Waals surface area contributed by atoms with Crippen molar-refractivity contribution in [3.8, 4) is 0 Å². The predicted octanol–water partition coefficient (Wildman–Crippen LogP) is 5.57. The number of aryl methyl sites for hydroxylation is 3. The summed E-state index contributed by atoms with van der Waals surface area (Å²) in [5, 5.41) is 9.84. The van der Waals surface area contributed by atoms with E-state index in [-0.39, 0.29) is 16.1 Å². The second-order valence-electron chi connectivity index (χ2n) is 9.46. The molecular weight excluding hydrogens is 460 g/mol. The summed E-state index contributed by atoms with van der Waals surface area (Å²) in [6.45, 7) is 7.20. The summed E-state index contributed by atoms with van der Waals surface area (Å²) < 4.78 is 28.7. The Morgan fingerprint density at radius 3 is 2.26 bits per heavy atom. The Morgan fingerprint density at radius 1 is 0.943 bits per heavy atom. The van der Waals surface area contributed by atoms with Crippen LogP contribution in [0, 0.1) is 26.7 Å². The Labute approximate surface area is 207 Å². The number of hydrogen-bond donors (Lipinski definition) is 2. The Hall–Kier alpha value is -3.32. The van der Waals surface area contributed by atoms with Crippen LogP contribution >= 0.6 is 0 Å². The smallest absolute Gasteiger partial charge is 0.337 e. The van der Waals surface area contributed by atoms with Crippen LogP contribution in [0.15, 0.2) is 65.6 Å². The number of piperidine rings is 1. The number of nitrogens with zero attached hydrogens (tertiary/aromatic N) is 1. The summed E-state index contributed by atoms with van der Waals surface area (Å²) in [6.07, 6.45) is 3.10. The van der Waals surface area contributed by atoms with E-state index in [1.54, 1.807) is 31.2 Å². The van der Waals surface area contributed by atoms with Gasteiger partial charge in [0, 0.05) is 18.8 Å². The molecule has 6 nitrogen and oxygen atoms in total. The highest BCUT2D eigenvalue weighted by atomic mass is 32.2. The predicted molar refractivity (Wildman–Crippen MR) is 140 cm³/mol. The van der Waals surface area contributed by atoms with Crippen LogP contribution in [0.5, 0.6) is 0 Å². The molecule has 1 aliphatic rings. The maximum absolute atomic E-state index is 13.1. The SMILES string of the molecule is Cc1cc(C)c(S(=O)(=O)Nc2ccc(N3CCC(Cc4ccccc4)CC3)cc2C(=O)O)cc1C. The number of carboxylic acids is 1. The zero-order chi connectivity index (χ0) is 25.2. The van der Waals surface area contributed by atoms with Gasteiger partial charge in [-0.1, -0.05) is 36.4 Å². The van der Waals surface area contributed by atoms with Crippen molar-refractivity contribution in [1.29, 1.82) is 0 Å². The molecule has 0 unspecified atom stereocenters. The number of sulfonamides is 1. The molecule has 3 aromatic rings. The van der Waals surface area contributed by atoms with Crippen LogP contribution in [0.1, 0.15) is 45.5 Å². The lowest BCUT2D eigenvalue weighted by Crippen LogP contribution is -2.34. The van der Waals surface area contributed by atoms with Crippen LogP contribution < -0.4 is 9.62 Å². The maximum Gasteiger partial charge on any atom is 0.337 e. The number of benzene rings is 3. The molecule has 35 heavy (non-hydrogen) atoms. The van der Waals surface area contributed by atoms with E-state index in [0.29, 0.717) is 11.5 Å². The van der Waals surface area contributed by atoms with Crippen molar-refractivity contribution in [1.82, 2.24) is 0 Å². The standard InChI is InChI=1S/C28H32N2O4S/c1-19-15-21(3)27(16-20(19)2)35(33,34)29-26-10-9-24(18-25(26)28(31)32)30-13-11-23(12-14-30)17-22-7-5-4-6-8-22/h4-10,15-16,18,23,29H,11-14,17H2,1-3H3,(H,31,32). The largest absolute Gasteiger partial charge is 0.478 e. The molecule has 0 aliphatic carbocycles. The zero-order valence-electron chi connectivity index (χ0n) is 20.4. The zero-order valence-corrected chi connectivity index (χ0v) is 21.2. The number of carboxylic acid groups (broad SMARTS) is 1. The van der Waals surface area contributed by atoms with Gasteiger partial charge in [0.05, 0.1) is 16.1 Å². The molecule has 0 bridgehead atoms. The molecule has 184 valence electrons. The highest BCUT2D eigenvalue weighted by Gasteiger charge is 2.24. The van der Waals surface area contributed by atoms with Gasteiger partial charge in [-0.3, -0.25) is 4.72 Å². The third-order valence-electron chi connectivity index (χ3n) is 6.91. The van der Waals surface area contributed by atoms with Gasteiger partial charge in [-0.2, -0.15) is 0 Å². The maximum atomic E-state index is 13.1. The minimum Gasteiger partial charge on any atom is -0.478 e. The van der Waals surface area contributed by atoms with E-state index in [1.165, 1.54) is 5.56 Å². The number of nitrogens with one attached hydrogen (secondary N) is 1. The minimum atomic E-state index is -3.94. The lowest BCUT2D eigenvalue weighted by molar-refractivity contribution is 0.0698. The molecule has 1 heterocycles. The topological polar surface area (TPSA) is 86.7 Å².